The van der Waals surface area contributed by atoms with E-state index in [2.05, 4.69) is 10.6 Å². The van der Waals surface area contributed by atoms with Crippen molar-refractivity contribution in [3.8, 4) is 5.75 Å². The van der Waals surface area contributed by atoms with Gasteiger partial charge in [-0.1, -0.05) is 0 Å². The van der Waals surface area contributed by atoms with Crippen molar-refractivity contribution >= 4 is 29.3 Å². The molecule has 1 aliphatic heterocycles. The molecule has 10 heteroatoms. The molecule has 0 saturated carbocycles. The molecular formula is C27H40N4O6. The fourth-order valence-corrected chi connectivity index (χ4v) is 3.39. The normalized spacial score (nSPS) is 13.7. The summed E-state index contributed by atoms with van der Waals surface area (Å²) in [5.74, 6) is -0.366. The SMILES string of the molecule is CC(C)(CCNC(=O)CCN1C(=O)C=CC1=O)OCC(C)(C)C(=O)NCCCCOc1ccc(N)cc1. The van der Waals surface area contributed by atoms with Gasteiger partial charge in [-0.3, -0.25) is 24.1 Å². The van der Waals surface area contributed by atoms with E-state index in [0.29, 0.717) is 31.8 Å². The second-order valence-electron chi connectivity index (χ2n) is 10.3. The van der Waals surface area contributed by atoms with Crippen molar-refractivity contribution in [2.24, 2.45) is 5.41 Å². The predicted octanol–water partition coefficient (Wildman–Crippen LogP) is 2.19. The Morgan fingerprint density at radius 1 is 0.946 bits per heavy atom. The highest BCUT2D eigenvalue weighted by Crippen LogP contribution is 2.22. The number of nitrogens with one attached hydrogen (secondary N) is 2. The summed E-state index contributed by atoms with van der Waals surface area (Å²) >= 11 is 0. The third kappa shape index (κ3) is 10.6. The minimum Gasteiger partial charge on any atom is -0.494 e. The average Bonchev–Trinajstić information content (AvgIpc) is 3.16. The highest BCUT2D eigenvalue weighted by atomic mass is 16.5. The molecule has 204 valence electrons. The highest BCUT2D eigenvalue weighted by molar-refractivity contribution is 6.13. The zero-order valence-corrected chi connectivity index (χ0v) is 22.3. The Balaban J connectivity index is 1.58. The Kier molecular flexibility index (Phi) is 11.1. The molecule has 0 fully saturated rings. The Labute approximate surface area is 218 Å². The molecule has 37 heavy (non-hydrogen) atoms. The van der Waals surface area contributed by atoms with E-state index >= 15 is 0 Å². The van der Waals surface area contributed by atoms with E-state index in [-0.39, 0.29) is 31.4 Å². The maximum absolute atomic E-state index is 12.7. The van der Waals surface area contributed by atoms with Crippen LogP contribution in [0.25, 0.3) is 0 Å². The summed E-state index contributed by atoms with van der Waals surface area (Å²) in [5, 5.41) is 5.75. The van der Waals surface area contributed by atoms with Gasteiger partial charge in [-0.05, 0) is 71.2 Å². The number of carbonyl (C=O) groups excluding carboxylic acids is 4. The topological polar surface area (TPSA) is 140 Å². The molecule has 0 aliphatic carbocycles. The van der Waals surface area contributed by atoms with E-state index in [9.17, 15) is 19.2 Å². The fourth-order valence-electron chi connectivity index (χ4n) is 3.39. The van der Waals surface area contributed by atoms with Crippen LogP contribution in [0.15, 0.2) is 36.4 Å². The molecule has 10 nitrogen and oxygen atoms in total. The summed E-state index contributed by atoms with van der Waals surface area (Å²) in [4.78, 5) is 48.8. The van der Waals surface area contributed by atoms with Crippen LogP contribution in [-0.4, -0.2) is 67.0 Å². The van der Waals surface area contributed by atoms with Crippen LogP contribution in [0.4, 0.5) is 5.69 Å². The van der Waals surface area contributed by atoms with Crippen LogP contribution < -0.4 is 21.1 Å². The second-order valence-corrected chi connectivity index (χ2v) is 10.3. The molecule has 0 unspecified atom stereocenters. The Morgan fingerprint density at radius 3 is 2.24 bits per heavy atom. The molecule has 4 amide bonds. The quantitative estimate of drug-likeness (QED) is 0.174. The number of rotatable bonds is 16. The first kappa shape index (κ1) is 29.8. The number of unbranched alkanes of at least 4 members (excludes halogenated alkanes) is 1. The summed E-state index contributed by atoms with van der Waals surface area (Å²) < 4.78 is 11.7. The lowest BCUT2D eigenvalue weighted by Crippen LogP contribution is -2.43. The minimum absolute atomic E-state index is 0.0428. The summed E-state index contributed by atoms with van der Waals surface area (Å²) in [6, 6.07) is 7.24. The number of nitrogen functional groups attached to an aromatic ring is 1. The van der Waals surface area contributed by atoms with E-state index in [4.69, 9.17) is 15.2 Å². The Bertz CT molecular complexity index is 954. The fraction of sp³-hybridized carbons (Fsp3) is 0.556. The highest BCUT2D eigenvalue weighted by Gasteiger charge is 2.31. The summed E-state index contributed by atoms with van der Waals surface area (Å²) in [6.07, 6.45) is 4.57. The van der Waals surface area contributed by atoms with Crippen molar-refractivity contribution in [1.82, 2.24) is 15.5 Å². The molecule has 1 aromatic carbocycles. The standard InChI is InChI=1S/C27H40N4O6/c1-26(2,25(35)30-15-5-6-18-36-21-9-7-20(28)8-10-21)19-37-27(3,4)14-16-29-22(32)13-17-31-23(33)11-12-24(31)34/h7-12H,5-6,13-19,28H2,1-4H3,(H,29,32)(H,30,35). The van der Waals surface area contributed by atoms with Crippen LogP contribution >= 0.6 is 0 Å². The van der Waals surface area contributed by atoms with E-state index in [1.165, 1.54) is 12.2 Å². The Hall–Kier alpha value is -3.40. The van der Waals surface area contributed by atoms with Crippen molar-refractivity contribution in [3.63, 3.8) is 0 Å². The first-order valence-corrected chi connectivity index (χ1v) is 12.6. The lowest BCUT2D eigenvalue weighted by Gasteiger charge is -2.31. The van der Waals surface area contributed by atoms with Gasteiger partial charge >= 0.3 is 0 Å². The van der Waals surface area contributed by atoms with Gasteiger partial charge in [-0.2, -0.15) is 0 Å². The molecule has 4 N–H and O–H groups in total. The zero-order valence-electron chi connectivity index (χ0n) is 22.3. The molecule has 0 atom stereocenters. The van der Waals surface area contributed by atoms with Crippen LogP contribution in [-0.2, 0) is 23.9 Å². The van der Waals surface area contributed by atoms with Gasteiger partial charge < -0.3 is 25.8 Å². The molecule has 1 aliphatic rings. The largest absolute Gasteiger partial charge is 0.494 e. The van der Waals surface area contributed by atoms with Crippen molar-refractivity contribution < 1.29 is 28.7 Å². The van der Waals surface area contributed by atoms with E-state index in [1.807, 2.05) is 39.8 Å². The molecule has 1 heterocycles. The number of hydrogen-bond donors (Lipinski definition) is 3. The second kappa shape index (κ2) is 13.8. The zero-order chi connectivity index (χ0) is 27.5. The van der Waals surface area contributed by atoms with Crippen molar-refractivity contribution in [2.45, 2.75) is 59.0 Å². The molecule has 0 spiro atoms. The number of ether oxygens (including phenoxy) is 2. The first-order chi connectivity index (χ1) is 17.4. The van der Waals surface area contributed by atoms with E-state index < -0.39 is 22.8 Å². The van der Waals surface area contributed by atoms with Crippen LogP contribution in [0, 0.1) is 5.41 Å². The minimum atomic E-state index is -0.718. The lowest BCUT2D eigenvalue weighted by molar-refractivity contribution is -0.138. The van der Waals surface area contributed by atoms with Crippen molar-refractivity contribution in [2.75, 3.05) is 38.6 Å². The molecule has 2 rings (SSSR count). The number of amides is 4. The van der Waals surface area contributed by atoms with Gasteiger partial charge in [-0.25, -0.2) is 0 Å². The lowest BCUT2D eigenvalue weighted by atomic mass is 9.92. The average molecular weight is 517 g/mol. The molecule has 0 aromatic heterocycles. The number of hydrogen-bond acceptors (Lipinski definition) is 7. The molecule has 0 saturated heterocycles. The monoisotopic (exact) mass is 516 g/mol. The van der Waals surface area contributed by atoms with E-state index in [0.717, 1.165) is 23.5 Å². The van der Waals surface area contributed by atoms with Crippen LogP contribution in [0.5, 0.6) is 5.75 Å². The van der Waals surface area contributed by atoms with Gasteiger partial charge in [0.25, 0.3) is 11.8 Å². The number of carbonyl (C=O) groups is 4. The summed E-state index contributed by atoms with van der Waals surface area (Å²) in [5.41, 5.74) is 5.07. The number of anilines is 1. The van der Waals surface area contributed by atoms with Gasteiger partial charge in [0, 0.05) is 43.9 Å². The van der Waals surface area contributed by atoms with Gasteiger partial charge in [-0.15, -0.1) is 0 Å². The van der Waals surface area contributed by atoms with E-state index in [1.54, 1.807) is 12.1 Å². The number of imide groups is 1. The first-order valence-electron chi connectivity index (χ1n) is 12.6. The van der Waals surface area contributed by atoms with Gasteiger partial charge in [0.05, 0.1) is 24.2 Å². The van der Waals surface area contributed by atoms with Crippen LogP contribution in [0.3, 0.4) is 0 Å². The van der Waals surface area contributed by atoms with Crippen molar-refractivity contribution in [1.29, 1.82) is 0 Å². The van der Waals surface area contributed by atoms with Gasteiger partial charge in [0.1, 0.15) is 5.75 Å². The summed E-state index contributed by atoms with van der Waals surface area (Å²) in [6.45, 7) is 9.23. The van der Waals surface area contributed by atoms with Crippen molar-refractivity contribution in [3.05, 3.63) is 36.4 Å². The maximum atomic E-state index is 12.7. The molecular weight excluding hydrogens is 476 g/mol. The predicted molar refractivity (Wildman–Crippen MR) is 141 cm³/mol. The number of nitrogens with two attached hydrogens (primary N) is 1. The Morgan fingerprint density at radius 2 is 1.59 bits per heavy atom. The van der Waals surface area contributed by atoms with Gasteiger partial charge in [0.2, 0.25) is 11.8 Å². The maximum Gasteiger partial charge on any atom is 0.253 e. The number of benzene rings is 1. The summed E-state index contributed by atoms with van der Waals surface area (Å²) in [7, 11) is 0. The third-order valence-electron chi connectivity index (χ3n) is 5.96. The number of nitrogens with zero attached hydrogens (tertiary/aromatic N) is 1. The van der Waals surface area contributed by atoms with Crippen LogP contribution in [0.1, 0.15) is 53.4 Å². The molecule has 1 aromatic rings. The van der Waals surface area contributed by atoms with Crippen LogP contribution in [0.2, 0.25) is 0 Å². The van der Waals surface area contributed by atoms with Gasteiger partial charge in [0.15, 0.2) is 0 Å². The smallest absolute Gasteiger partial charge is 0.253 e. The molecule has 0 bridgehead atoms. The third-order valence-corrected chi connectivity index (χ3v) is 5.96. The molecule has 0 radical (unpaired) electrons.